The minimum Gasteiger partial charge on any atom is -0.380 e. The van der Waals surface area contributed by atoms with E-state index in [0.717, 1.165) is 58.1 Å². The van der Waals surface area contributed by atoms with E-state index in [4.69, 9.17) is 4.74 Å². The van der Waals surface area contributed by atoms with Crippen LogP contribution in [0.2, 0.25) is 0 Å². The van der Waals surface area contributed by atoms with Crippen molar-refractivity contribution in [3.63, 3.8) is 0 Å². The molecule has 0 bridgehead atoms. The van der Waals surface area contributed by atoms with Gasteiger partial charge in [-0.2, -0.15) is 0 Å². The zero-order valence-corrected chi connectivity index (χ0v) is 11.2. The zero-order chi connectivity index (χ0) is 12.6. The Kier molecular flexibility index (Phi) is 5.42. The summed E-state index contributed by atoms with van der Waals surface area (Å²) in [6.07, 6.45) is 4.14. The fraction of sp³-hybridized carbons (Fsp3) is 0.643. The number of hydrogen-bond donors (Lipinski definition) is 1. The van der Waals surface area contributed by atoms with Gasteiger partial charge in [-0.3, -0.25) is 4.90 Å². The van der Waals surface area contributed by atoms with Crippen LogP contribution in [0, 0.1) is 0 Å². The molecule has 0 radical (unpaired) electrons. The van der Waals surface area contributed by atoms with E-state index < -0.39 is 0 Å². The summed E-state index contributed by atoms with van der Waals surface area (Å²) in [5.41, 5.74) is 1.32. The number of pyridine rings is 1. The average Bonchev–Trinajstić information content (AvgIpc) is 2.65. The van der Waals surface area contributed by atoms with Crippen molar-refractivity contribution in [1.82, 2.24) is 9.88 Å². The Bertz CT molecular complexity index is 349. The molecule has 0 aliphatic carbocycles. The lowest BCUT2D eigenvalue weighted by atomic mass is 10.2. The number of rotatable bonds is 5. The Morgan fingerprint density at radius 2 is 2.33 bits per heavy atom. The lowest BCUT2D eigenvalue weighted by Gasteiger charge is -2.19. The summed E-state index contributed by atoms with van der Waals surface area (Å²) in [6, 6.07) is 4.25. The Morgan fingerprint density at radius 1 is 1.39 bits per heavy atom. The summed E-state index contributed by atoms with van der Waals surface area (Å²) in [5, 5.41) is 3.33. The summed E-state index contributed by atoms with van der Waals surface area (Å²) in [4.78, 5) is 6.78. The van der Waals surface area contributed by atoms with Gasteiger partial charge >= 0.3 is 0 Å². The van der Waals surface area contributed by atoms with Gasteiger partial charge in [0.1, 0.15) is 5.82 Å². The maximum Gasteiger partial charge on any atom is 0.126 e. The van der Waals surface area contributed by atoms with Crippen LogP contribution in [0.25, 0.3) is 0 Å². The van der Waals surface area contributed by atoms with Crippen molar-refractivity contribution in [1.29, 1.82) is 0 Å². The first-order valence-electron chi connectivity index (χ1n) is 6.87. The molecule has 1 saturated heterocycles. The fourth-order valence-electron chi connectivity index (χ4n) is 2.14. The predicted octanol–water partition coefficient (Wildman–Crippen LogP) is 2.13. The highest BCUT2D eigenvalue weighted by molar-refractivity contribution is 5.37. The molecule has 0 atom stereocenters. The molecular formula is C14H23N3O. The first kappa shape index (κ1) is 13.3. The topological polar surface area (TPSA) is 37.4 Å². The van der Waals surface area contributed by atoms with Crippen molar-refractivity contribution in [2.45, 2.75) is 26.3 Å². The molecule has 1 aliphatic heterocycles. The number of hydrogen-bond acceptors (Lipinski definition) is 4. The van der Waals surface area contributed by atoms with Crippen LogP contribution in [0.1, 0.15) is 25.3 Å². The fourth-order valence-corrected chi connectivity index (χ4v) is 2.14. The van der Waals surface area contributed by atoms with E-state index in [1.807, 2.05) is 6.20 Å². The second-order valence-electron chi connectivity index (χ2n) is 4.72. The van der Waals surface area contributed by atoms with Crippen LogP contribution >= 0.6 is 0 Å². The predicted molar refractivity (Wildman–Crippen MR) is 73.7 cm³/mol. The first-order valence-corrected chi connectivity index (χ1v) is 6.87. The van der Waals surface area contributed by atoms with Crippen LogP contribution in [0.3, 0.4) is 0 Å². The van der Waals surface area contributed by atoms with E-state index in [1.54, 1.807) is 0 Å². The molecule has 1 aromatic heterocycles. The molecule has 0 unspecified atom stereocenters. The van der Waals surface area contributed by atoms with Crippen LogP contribution in [0.5, 0.6) is 0 Å². The number of nitrogens with one attached hydrogen (secondary N) is 1. The Balaban J connectivity index is 1.91. The molecule has 2 heterocycles. The molecule has 2 rings (SSSR count). The molecule has 4 heteroatoms. The molecular weight excluding hydrogens is 226 g/mol. The maximum absolute atomic E-state index is 5.47. The van der Waals surface area contributed by atoms with Gasteiger partial charge in [-0.05, 0) is 30.5 Å². The van der Waals surface area contributed by atoms with Gasteiger partial charge in [0.2, 0.25) is 0 Å². The number of nitrogens with zero attached hydrogens (tertiary/aromatic N) is 2. The third-order valence-corrected chi connectivity index (χ3v) is 3.10. The lowest BCUT2D eigenvalue weighted by Crippen LogP contribution is -2.25. The molecule has 1 N–H and O–H groups in total. The van der Waals surface area contributed by atoms with Crippen LogP contribution in [0.15, 0.2) is 18.3 Å². The van der Waals surface area contributed by atoms with Gasteiger partial charge < -0.3 is 10.1 Å². The van der Waals surface area contributed by atoms with Gasteiger partial charge in [0, 0.05) is 39.0 Å². The molecule has 0 amide bonds. The summed E-state index contributed by atoms with van der Waals surface area (Å²) in [7, 11) is 0. The van der Waals surface area contributed by atoms with Crippen molar-refractivity contribution >= 4 is 5.82 Å². The largest absolute Gasteiger partial charge is 0.380 e. The maximum atomic E-state index is 5.47. The van der Waals surface area contributed by atoms with Crippen LogP contribution in [-0.4, -0.2) is 42.7 Å². The molecule has 0 spiro atoms. The average molecular weight is 249 g/mol. The Morgan fingerprint density at radius 3 is 3.22 bits per heavy atom. The smallest absolute Gasteiger partial charge is 0.126 e. The summed E-state index contributed by atoms with van der Waals surface area (Å²) in [5.74, 6) is 0.987. The van der Waals surface area contributed by atoms with Crippen molar-refractivity contribution in [3.8, 4) is 0 Å². The number of ether oxygens (including phenoxy) is 1. The quantitative estimate of drug-likeness (QED) is 0.867. The third-order valence-electron chi connectivity index (χ3n) is 3.10. The van der Waals surface area contributed by atoms with Gasteiger partial charge in [0.25, 0.3) is 0 Å². The molecule has 0 aromatic carbocycles. The normalized spacial score (nSPS) is 17.4. The second kappa shape index (κ2) is 7.34. The van der Waals surface area contributed by atoms with Crippen LogP contribution in [-0.2, 0) is 11.3 Å². The zero-order valence-electron chi connectivity index (χ0n) is 11.2. The summed E-state index contributed by atoms with van der Waals surface area (Å²) < 4.78 is 5.47. The molecule has 1 aromatic rings. The molecule has 100 valence electrons. The van der Waals surface area contributed by atoms with Crippen molar-refractivity contribution in [3.05, 3.63) is 23.9 Å². The van der Waals surface area contributed by atoms with Gasteiger partial charge in [0.05, 0.1) is 6.61 Å². The standard InChI is InChI=1S/C14H23N3O/c1-2-5-15-14-11-13(4-6-16-14)12-17-7-3-9-18-10-8-17/h4,6,11H,2-3,5,7-10,12H2,1H3,(H,15,16). The van der Waals surface area contributed by atoms with Crippen LogP contribution < -0.4 is 5.32 Å². The number of anilines is 1. The highest BCUT2D eigenvalue weighted by Gasteiger charge is 2.09. The second-order valence-corrected chi connectivity index (χ2v) is 4.72. The highest BCUT2D eigenvalue weighted by Crippen LogP contribution is 2.11. The van der Waals surface area contributed by atoms with E-state index in [9.17, 15) is 0 Å². The van der Waals surface area contributed by atoms with Crippen LogP contribution in [0.4, 0.5) is 5.82 Å². The molecule has 4 nitrogen and oxygen atoms in total. The van der Waals surface area contributed by atoms with E-state index in [1.165, 1.54) is 5.56 Å². The van der Waals surface area contributed by atoms with Crippen molar-refractivity contribution in [2.24, 2.45) is 0 Å². The molecule has 0 saturated carbocycles. The van der Waals surface area contributed by atoms with Gasteiger partial charge in [0.15, 0.2) is 0 Å². The molecule has 1 fully saturated rings. The summed E-state index contributed by atoms with van der Waals surface area (Å²) in [6.45, 7) is 8.04. The molecule has 18 heavy (non-hydrogen) atoms. The van der Waals surface area contributed by atoms with Crippen molar-refractivity contribution in [2.75, 3.05) is 38.2 Å². The monoisotopic (exact) mass is 249 g/mol. The highest BCUT2D eigenvalue weighted by atomic mass is 16.5. The number of aromatic nitrogens is 1. The molecule has 1 aliphatic rings. The third kappa shape index (κ3) is 4.27. The minimum atomic E-state index is 0.853. The SMILES string of the molecule is CCCNc1cc(CN2CCCOCC2)ccn1. The van der Waals surface area contributed by atoms with Gasteiger partial charge in [-0.15, -0.1) is 0 Å². The van der Waals surface area contributed by atoms with E-state index in [-0.39, 0.29) is 0 Å². The Hall–Kier alpha value is -1.13. The minimum absolute atomic E-state index is 0.853. The Labute approximate surface area is 109 Å². The lowest BCUT2D eigenvalue weighted by molar-refractivity contribution is 0.140. The summed E-state index contributed by atoms with van der Waals surface area (Å²) >= 11 is 0. The van der Waals surface area contributed by atoms with Crippen molar-refractivity contribution < 1.29 is 4.74 Å². The first-order chi connectivity index (χ1) is 8.88. The van der Waals surface area contributed by atoms with E-state index in [2.05, 4.69) is 34.3 Å². The van der Waals surface area contributed by atoms with E-state index >= 15 is 0 Å². The van der Waals surface area contributed by atoms with Gasteiger partial charge in [-0.1, -0.05) is 6.92 Å². The van der Waals surface area contributed by atoms with E-state index in [0.29, 0.717) is 0 Å². The van der Waals surface area contributed by atoms with Gasteiger partial charge in [-0.25, -0.2) is 4.98 Å².